The number of aliphatic hydroxyl groups excluding tert-OH is 1. The van der Waals surface area contributed by atoms with Crippen molar-refractivity contribution in [1.82, 2.24) is 10.8 Å². The molecule has 0 radical (unpaired) electrons. The molecule has 1 aromatic rings. The molecule has 0 spiro atoms. The maximum absolute atomic E-state index is 11.9. The van der Waals surface area contributed by atoms with Crippen LogP contribution >= 0.6 is 0 Å². The van der Waals surface area contributed by atoms with E-state index in [2.05, 4.69) is 10.1 Å². The summed E-state index contributed by atoms with van der Waals surface area (Å²) in [6.07, 6.45) is -4.84. The fourth-order valence-electron chi connectivity index (χ4n) is 1.32. The van der Waals surface area contributed by atoms with Crippen LogP contribution in [-0.2, 0) is 4.79 Å². The van der Waals surface area contributed by atoms with Crippen molar-refractivity contribution in [2.75, 3.05) is 6.61 Å². The second-order valence-corrected chi connectivity index (χ2v) is 3.76. The molecule has 10 heteroatoms. The van der Waals surface area contributed by atoms with E-state index < -0.39 is 36.6 Å². The largest absolute Gasteiger partial charge is 0.573 e. The van der Waals surface area contributed by atoms with Crippen molar-refractivity contribution in [2.24, 2.45) is 0 Å². The van der Waals surface area contributed by atoms with Gasteiger partial charge in [0.2, 0.25) is 0 Å². The van der Waals surface area contributed by atoms with Crippen LogP contribution in [0.2, 0.25) is 0 Å². The molecule has 2 amide bonds. The number of hydroxylamine groups is 1. The van der Waals surface area contributed by atoms with Gasteiger partial charge in [-0.1, -0.05) is 7.43 Å². The summed E-state index contributed by atoms with van der Waals surface area (Å²) in [5, 5.41) is 19.3. The van der Waals surface area contributed by atoms with Crippen molar-refractivity contribution < 1.29 is 37.8 Å². The number of carbonyl (C=O) groups is 2. The Morgan fingerprint density at radius 1 is 1.23 bits per heavy atom. The van der Waals surface area contributed by atoms with Crippen LogP contribution < -0.4 is 15.5 Å². The predicted molar refractivity (Wildman–Crippen MR) is 68.1 cm³/mol. The van der Waals surface area contributed by atoms with Crippen LogP contribution in [0.5, 0.6) is 5.75 Å². The first-order valence-electron chi connectivity index (χ1n) is 5.48. The number of ether oxygens (including phenoxy) is 1. The number of benzene rings is 1. The fraction of sp³-hybridized carbons (Fsp3) is 0.333. The Morgan fingerprint density at radius 2 is 1.77 bits per heavy atom. The molecule has 4 N–H and O–H groups in total. The molecule has 0 aliphatic heterocycles. The van der Waals surface area contributed by atoms with Crippen LogP contribution in [0.1, 0.15) is 17.8 Å². The molecule has 22 heavy (non-hydrogen) atoms. The average Bonchev–Trinajstić information content (AvgIpc) is 2.42. The average molecular weight is 324 g/mol. The smallest absolute Gasteiger partial charge is 0.406 e. The lowest BCUT2D eigenvalue weighted by Crippen LogP contribution is -2.48. The minimum atomic E-state index is -4.84. The Kier molecular flexibility index (Phi) is 7.33. The van der Waals surface area contributed by atoms with Crippen molar-refractivity contribution in [3.8, 4) is 5.75 Å². The summed E-state index contributed by atoms with van der Waals surface area (Å²) in [4.78, 5) is 22.7. The topological polar surface area (TPSA) is 108 Å². The maximum Gasteiger partial charge on any atom is 0.573 e. The molecule has 0 heterocycles. The first-order valence-corrected chi connectivity index (χ1v) is 5.48. The summed E-state index contributed by atoms with van der Waals surface area (Å²) in [6, 6.07) is 2.53. The van der Waals surface area contributed by atoms with Gasteiger partial charge in [-0.15, -0.1) is 13.2 Å². The van der Waals surface area contributed by atoms with Gasteiger partial charge in [0.05, 0.1) is 6.61 Å². The number of amides is 2. The van der Waals surface area contributed by atoms with Crippen LogP contribution in [0.25, 0.3) is 0 Å². The minimum Gasteiger partial charge on any atom is -0.406 e. The highest BCUT2D eigenvalue weighted by molar-refractivity contribution is 5.97. The van der Waals surface area contributed by atoms with Gasteiger partial charge >= 0.3 is 6.36 Å². The third kappa shape index (κ3) is 5.97. The molecule has 0 bridgehead atoms. The molecule has 1 aromatic carbocycles. The van der Waals surface area contributed by atoms with E-state index in [0.29, 0.717) is 0 Å². The van der Waals surface area contributed by atoms with E-state index in [0.717, 1.165) is 24.3 Å². The summed E-state index contributed by atoms with van der Waals surface area (Å²) in [5.74, 6) is -2.37. The summed E-state index contributed by atoms with van der Waals surface area (Å²) >= 11 is 0. The molecule has 0 fully saturated rings. The third-order valence-corrected chi connectivity index (χ3v) is 2.26. The molecule has 0 aliphatic rings. The van der Waals surface area contributed by atoms with E-state index in [9.17, 15) is 22.8 Å². The molecule has 1 rings (SSSR count). The normalized spacial score (nSPS) is 11.9. The van der Waals surface area contributed by atoms with Gasteiger partial charge in [0.1, 0.15) is 11.8 Å². The first-order chi connectivity index (χ1) is 9.76. The summed E-state index contributed by atoms with van der Waals surface area (Å²) < 4.78 is 39.5. The van der Waals surface area contributed by atoms with Gasteiger partial charge in [0, 0.05) is 5.56 Å². The molecular formula is C12H15F3N2O5. The summed E-state index contributed by atoms with van der Waals surface area (Å²) in [7, 11) is 0. The standard InChI is InChI=1S/C11H11F3N2O5.CH4/c12-11(13,14)21-7-3-1-6(2-4-7)9(18)15-8(5-17)10(19)16-20;/h1-4,8,17,20H,5H2,(H,15,18)(H,16,19);1H4/t8-;/m0./s1. The number of alkyl halides is 3. The second-order valence-electron chi connectivity index (χ2n) is 3.76. The lowest BCUT2D eigenvalue weighted by molar-refractivity contribution is -0.274. The number of hydrogen-bond donors (Lipinski definition) is 4. The van der Waals surface area contributed by atoms with Gasteiger partial charge in [-0.05, 0) is 24.3 Å². The Labute approximate surface area is 123 Å². The van der Waals surface area contributed by atoms with E-state index >= 15 is 0 Å². The zero-order valence-corrected chi connectivity index (χ0v) is 10.3. The van der Waals surface area contributed by atoms with Gasteiger partial charge < -0.3 is 15.2 Å². The number of halogens is 3. The number of carbonyl (C=O) groups excluding carboxylic acids is 2. The maximum atomic E-state index is 11.9. The number of rotatable bonds is 5. The van der Waals surface area contributed by atoms with Crippen molar-refractivity contribution in [3.63, 3.8) is 0 Å². The minimum absolute atomic E-state index is 0. The van der Waals surface area contributed by atoms with E-state index in [-0.39, 0.29) is 13.0 Å². The zero-order chi connectivity index (χ0) is 16.0. The highest BCUT2D eigenvalue weighted by atomic mass is 19.4. The zero-order valence-electron chi connectivity index (χ0n) is 10.3. The van der Waals surface area contributed by atoms with Gasteiger partial charge in [-0.3, -0.25) is 14.8 Å². The van der Waals surface area contributed by atoms with E-state index in [4.69, 9.17) is 10.3 Å². The second kappa shape index (κ2) is 8.20. The van der Waals surface area contributed by atoms with Crippen LogP contribution in [-0.4, -0.2) is 41.1 Å². The van der Waals surface area contributed by atoms with Crippen LogP contribution in [0.3, 0.4) is 0 Å². The third-order valence-electron chi connectivity index (χ3n) is 2.26. The molecular weight excluding hydrogens is 309 g/mol. The molecule has 1 atom stereocenters. The SMILES string of the molecule is C.O=C(N[C@@H](CO)C(=O)NO)c1ccc(OC(F)(F)F)cc1. The predicted octanol–water partition coefficient (Wildman–Crippen LogP) is 0.817. The molecule has 0 aromatic heterocycles. The van der Waals surface area contributed by atoms with Crippen LogP contribution in [0.15, 0.2) is 24.3 Å². The number of hydrogen-bond acceptors (Lipinski definition) is 5. The van der Waals surface area contributed by atoms with Gasteiger partial charge in [0.15, 0.2) is 0 Å². The Hall–Kier alpha value is -2.33. The molecule has 0 saturated carbocycles. The van der Waals surface area contributed by atoms with Gasteiger partial charge in [0.25, 0.3) is 11.8 Å². The molecule has 0 saturated heterocycles. The summed E-state index contributed by atoms with van der Waals surface area (Å²) in [6.45, 7) is -0.770. The van der Waals surface area contributed by atoms with Crippen LogP contribution in [0.4, 0.5) is 13.2 Å². The Balaban J connectivity index is 0.00000441. The van der Waals surface area contributed by atoms with E-state index in [1.807, 2.05) is 0 Å². The Bertz CT molecular complexity index is 504. The molecule has 7 nitrogen and oxygen atoms in total. The van der Waals surface area contributed by atoms with Crippen molar-refractivity contribution in [3.05, 3.63) is 29.8 Å². The lowest BCUT2D eigenvalue weighted by Gasteiger charge is -2.14. The van der Waals surface area contributed by atoms with E-state index in [1.54, 1.807) is 0 Å². The lowest BCUT2D eigenvalue weighted by atomic mass is 10.2. The number of nitrogens with one attached hydrogen (secondary N) is 2. The van der Waals surface area contributed by atoms with Crippen molar-refractivity contribution in [2.45, 2.75) is 19.8 Å². The molecule has 0 unspecified atom stereocenters. The summed E-state index contributed by atoms with van der Waals surface area (Å²) in [5.41, 5.74) is 1.19. The monoisotopic (exact) mass is 324 g/mol. The molecule has 124 valence electrons. The van der Waals surface area contributed by atoms with Gasteiger partial charge in [-0.2, -0.15) is 0 Å². The molecule has 0 aliphatic carbocycles. The van der Waals surface area contributed by atoms with Crippen LogP contribution in [0, 0.1) is 0 Å². The number of aliphatic hydroxyl groups is 1. The highest BCUT2D eigenvalue weighted by Gasteiger charge is 2.31. The Morgan fingerprint density at radius 3 is 2.18 bits per heavy atom. The first kappa shape index (κ1) is 19.7. The fourth-order valence-corrected chi connectivity index (χ4v) is 1.32. The quantitative estimate of drug-likeness (QED) is 0.474. The van der Waals surface area contributed by atoms with Gasteiger partial charge in [-0.25, -0.2) is 5.48 Å². The highest BCUT2D eigenvalue weighted by Crippen LogP contribution is 2.22. The van der Waals surface area contributed by atoms with Crippen molar-refractivity contribution in [1.29, 1.82) is 0 Å². The van der Waals surface area contributed by atoms with Crippen molar-refractivity contribution >= 4 is 11.8 Å². The van der Waals surface area contributed by atoms with E-state index in [1.165, 1.54) is 5.48 Å².